The number of methoxy groups -OCH3 is 1. The van der Waals surface area contributed by atoms with Gasteiger partial charge in [0.2, 0.25) is 0 Å². The SMILES string of the molecule is CNC(=O)C1=CN(c2ccc(OC)cc2)NN1Cc1ccccc1. The van der Waals surface area contributed by atoms with Gasteiger partial charge in [0, 0.05) is 7.05 Å². The van der Waals surface area contributed by atoms with Crippen molar-refractivity contribution in [1.82, 2.24) is 15.9 Å². The van der Waals surface area contributed by atoms with Gasteiger partial charge < -0.3 is 10.1 Å². The molecule has 3 rings (SSSR count). The number of nitrogens with zero attached hydrogens (tertiary/aromatic N) is 2. The van der Waals surface area contributed by atoms with Gasteiger partial charge >= 0.3 is 0 Å². The number of likely N-dealkylation sites (N-methyl/N-ethyl adjacent to an activating group) is 1. The highest BCUT2D eigenvalue weighted by atomic mass is 16.5. The van der Waals surface area contributed by atoms with Crippen LogP contribution in [0.3, 0.4) is 0 Å². The molecule has 6 nitrogen and oxygen atoms in total. The standard InChI is InChI=1S/C18H20N4O2/c1-19-18(23)17-13-21(15-8-10-16(24-2)11-9-15)20-22(17)12-14-6-4-3-5-7-14/h3-11,13,20H,12H2,1-2H3,(H,19,23). The normalized spacial score (nSPS) is 13.7. The third-order valence-electron chi connectivity index (χ3n) is 3.76. The van der Waals surface area contributed by atoms with E-state index >= 15 is 0 Å². The number of nitrogens with one attached hydrogen (secondary N) is 2. The quantitative estimate of drug-likeness (QED) is 0.881. The predicted molar refractivity (Wildman–Crippen MR) is 92.7 cm³/mol. The van der Waals surface area contributed by atoms with E-state index in [4.69, 9.17) is 4.74 Å². The number of benzene rings is 2. The summed E-state index contributed by atoms with van der Waals surface area (Å²) in [7, 11) is 3.26. The molecule has 1 heterocycles. The highest BCUT2D eigenvalue weighted by Crippen LogP contribution is 2.23. The first kappa shape index (κ1) is 15.9. The van der Waals surface area contributed by atoms with Gasteiger partial charge in [-0.25, -0.2) is 0 Å². The number of carbonyl (C=O) groups excluding carboxylic acids is 1. The van der Waals surface area contributed by atoms with Gasteiger partial charge in [0.15, 0.2) is 0 Å². The van der Waals surface area contributed by atoms with E-state index in [1.807, 2.05) is 64.6 Å². The van der Waals surface area contributed by atoms with E-state index < -0.39 is 0 Å². The zero-order valence-electron chi connectivity index (χ0n) is 13.7. The first-order valence-electron chi connectivity index (χ1n) is 7.66. The predicted octanol–water partition coefficient (Wildman–Crippen LogP) is 2.02. The lowest BCUT2D eigenvalue weighted by molar-refractivity contribution is -0.118. The van der Waals surface area contributed by atoms with E-state index in [-0.39, 0.29) is 5.91 Å². The van der Waals surface area contributed by atoms with Crippen LogP contribution < -0.4 is 20.6 Å². The van der Waals surface area contributed by atoms with Crippen LogP contribution in [0.4, 0.5) is 5.69 Å². The van der Waals surface area contributed by atoms with Crippen molar-refractivity contribution in [3.05, 3.63) is 72.1 Å². The number of ether oxygens (including phenoxy) is 1. The Morgan fingerprint density at radius 3 is 2.46 bits per heavy atom. The van der Waals surface area contributed by atoms with Crippen LogP contribution in [-0.4, -0.2) is 25.1 Å². The van der Waals surface area contributed by atoms with Crippen LogP contribution in [0.1, 0.15) is 5.56 Å². The van der Waals surface area contributed by atoms with Crippen LogP contribution >= 0.6 is 0 Å². The van der Waals surface area contributed by atoms with Crippen LogP contribution in [0.25, 0.3) is 0 Å². The Kier molecular flexibility index (Phi) is 4.67. The van der Waals surface area contributed by atoms with Crippen molar-refractivity contribution in [2.75, 3.05) is 19.2 Å². The fourth-order valence-corrected chi connectivity index (χ4v) is 2.48. The molecule has 1 aliphatic rings. The van der Waals surface area contributed by atoms with Gasteiger partial charge in [0.05, 0.1) is 25.5 Å². The molecule has 0 fully saturated rings. The number of hydrazine groups is 2. The zero-order valence-corrected chi connectivity index (χ0v) is 13.7. The number of anilines is 1. The molecule has 0 unspecified atom stereocenters. The van der Waals surface area contributed by atoms with Crippen LogP contribution in [0.2, 0.25) is 0 Å². The number of hydrogen-bond acceptors (Lipinski definition) is 5. The highest BCUT2D eigenvalue weighted by Gasteiger charge is 2.26. The molecular weight excluding hydrogens is 304 g/mol. The Labute approximate surface area is 141 Å². The molecule has 0 radical (unpaired) electrons. The lowest BCUT2D eigenvalue weighted by atomic mass is 10.2. The van der Waals surface area contributed by atoms with Gasteiger partial charge in [-0.15, -0.1) is 5.53 Å². The molecule has 1 aliphatic heterocycles. The molecule has 0 saturated heterocycles. The van der Waals surface area contributed by atoms with Gasteiger partial charge in [-0.1, -0.05) is 30.3 Å². The van der Waals surface area contributed by atoms with E-state index in [2.05, 4.69) is 10.9 Å². The van der Waals surface area contributed by atoms with Crippen molar-refractivity contribution < 1.29 is 9.53 Å². The monoisotopic (exact) mass is 324 g/mol. The number of rotatable bonds is 5. The van der Waals surface area contributed by atoms with Crippen LogP contribution in [0.5, 0.6) is 5.75 Å². The fraction of sp³-hybridized carbons (Fsp3) is 0.167. The number of amides is 1. The van der Waals surface area contributed by atoms with Gasteiger partial charge in [0.25, 0.3) is 5.91 Å². The molecular formula is C18H20N4O2. The van der Waals surface area contributed by atoms with Crippen LogP contribution in [0, 0.1) is 0 Å². The maximum atomic E-state index is 12.2. The summed E-state index contributed by atoms with van der Waals surface area (Å²) < 4.78 is 5.18. The van der Waals surface area contributed by atoms with Crippen molar-refractivity contribution in [1.29, 1.82) is 0 Å². The summed E-state index contributed by atoms with van der Waals surface area (Å²) in [5.74, 6) is 0.643. The van der Waals surface area contributed by atoms with Gasteiger partial charge in [0.1, 0.15) is 11.4 Å². The molecule has 0 spiro atoms. The van der Waals surface area contributed by atoms with E-state index in [9.17, 15) is 4.79 Å². The lowest BCUT2D eigenvalue weighted by Crippen LogP contribution is -2.42. The van der Waals surface area contributed by atoms with E-state index in [0.717, 1.165) is 17.0 Å². The topological polar surface area (TPSA) is 56.8 Å². The molecule has 2 aromatic carbocycles. The summed E-state index contributed by atoms with van der Waals surface area (Å²) in [5, 5.41) is 6.31. The zero-order chi connectivity index (χ0) is 16.9. The lowest BCUT2D eigenvalue weighted by Gasteiger charge is -2.24. The molecule has 2 N–H and O–H groups in total. The molecule has 2 aromatic rings. The molecule has 6 heteroatoms. The molecule has 124 valence electrons. The van der Waals surface area contributed by atoms with Gasteiger partial charge in [-0.3, -0.25) is 14.8 Å². The molecule has 0 saturated carbocycles. The summed E-state index contributed by atoms with van der Waals surface area (Å²) in [6, 6.07) is 17.6. The smallest absolute Gasteiger partial charge is 0.270 e. The third kappa shape index (κ3) is 3.33. The van der Waals surface area contributed by atoms with E-state index in [1.54, 1.807) is 20.4 Å². The summed E-state index contributed by atoms with van der Waals surface area (Å²) >= 11 is 0. The van der Waals surface area contributed by atoms with Crippen molar-refractivity contribution in [2.45, 2.75) is 6.54 Å². The number of hydrogen-bond donors (Lipinski definition) is 2. The van der Waals surface area contributed by atoms with Crippen LogP contribution in [0.15, 0.2) is 66.5 Å². The largest absolute Gasteiger partial charge is 0.497 e. The highest BCUT2D eigenvalue weighted by molar-refractivity contribution is 5.93. The summed E-state index contributed by atoms with van der Waals surface area (Å²) in [6.45, 7) is 0.576. The van der Waals surface area contributed by atoms with Crippen molar-refractivity contribution in [3.63, 3.8) is 0 Å². The Morgan fingerprint density at radius 1 is 1.12 bits per heavy atom. The van der Waals surface area contributed by atoms with Gasteiger partial charge in [-0.05, 0) is 29.8 Å². The second kappa shape index (κ2) is 7.06. The summed E-state index contributed by atoms with van der Waals surface area (Å²) in [4.78, 5) is 12.2. The first-order chi connectivity index (χ1) is 11.7. The average Bonchev–Trinajstić information content (AvgIpc) is 3.05. The van der Waals surface area contributed by atoms with Crippen molar-refractivity contribution in [3.8, 4) is 5.75 Å². The van der Waals surface area contributed by atoms with Crippen LogP contribution in [-0.2, 0) is 11.3 Å². The van der Waals surface area contributed by atoms with E-state index in [1.165, 1.54) is 0 Å². The minimum Gasteiger partial charge on any atom is -0.497 e. The molecule has 0 bridgehead atoms. The summed E-state index contributed by atoms with van der Waals surface area (Å²) in [5.41, 5.74) is 5.80. The second-order valence-corrected chi connectivity index (χ2v) is 5.33. The molecule has 0 aromatic heterocycles. The summed E-state index contributed by atoms with van der Waals surface area (Å²) in [6.07, 6.45) is 1.78. The third-order valence-corrected chi connectivity index (χ3v) is 3.76. The minimum absolute atomic E-state index is 0.144. The average molecular weight is 324 g/mol. The second-order valence-electron chi connectivity index (χ2n) is 5.33. The Bertz CT molecular complexity index is 728. The Balaban J connectivity index is 1.82. The molecule has 0 aliphatic carbocycles. The maximum absolute atomic E-state index is 12.2. The van der Waals surface area contributed by atoms with Crippen molar-refractivity contribution in [2.24, 2.45) is 0 Å². The van der Waals surface area contributed by atoms with Gasteiger partial charge in [-0.2, -0.15) is 0 Å². The van der Waals surface area contributed by atoms with Crippen molar-refractivity contribution >= 4 is 11.6 Å². The number of carbonyl (C=O) groups is 1. The Morgan fingerprint density at radius 2 is 1.83 bits per heavy atom. The fourth-order valence-electron chi connectivity index (χ4n) is 2.48. The maximum Gasteiger partial charge on any atom is 0.270 e. The Hall–Kier alpha value is -2.99. The first-order valence-corrected chi connectivity index (χ1v) is 7.66. The molecule has 1 amide bonds. The van der Waals surface area contributed by atoms with E-state index in [0.29, 0.717) is 12.2 Å². The molecule has 0 atom stereocenters. The minimum atomic E-state index is -0.144. The molecule has 24 heavy (non-hydrogen) atoms.